The van der Waals surface area contributed by atoms with Crippen molar-refractivity contribution in [2.45, 2.75) is 12.8 Å². The van der Waals surface area contributed by atoms with Crippen molar-refractivity contribution < 1.29 is 0 Å². The summed E-state index contributed by atoms with van der Waals surface area (Å²) in [7, 11) is 2.01. The van der Waals surface area contributed by atoms with E-state index >= 15 is 0 Å². The van der Waals surface area contributed by atoms with Crippen molar-refractivity contribution in [2.24, 2.45) is 5.92 Å². The number of hydrogen-bond donors (Lipinski definition) is 1. The van der Waals surface area contributed by atoms with E-state index < -0.39 is 0 Å². The van der Waals surface area contributed by atoms with Crippen molar-refractivity contribution in [1.29, 1.82) is 0 Å². The van der Waals surface area contributed by atoms with Crippen LogP contribution < -0.4 is 10.2 Å². The second-order valence-electron chi connectivity index (χ2n) is 4.21. The summed E-state index contributed by atoms with van der Waals surface area (Å²) in [6.45, 7) is 3.24. The molecule has 4 nitrogen and oxygen atoms in total. The van der Waals surface area contributed by atoms with Gasteiger partial charge in [0.1, 0.15) is 0 Å². The highest BCUT2D eigenvalue weighted by Gasteiger charge is 2.20. The molecular weight excluding hydrogens is 315 g/mol. The van der Waals surface area contributed by atoms with E-state index in [1.54, 1.807) is 0 Å². The normalized spacial score (nSPS) is 21.1. The van der Waals surface area contributed by atoms with Crippen LogP contribution in [0.1, 0.15) is 12.8 Å². The van der Waals surface area contributed by atoms with Crippen LogP contribution in [0.3, 0.4) is 0 Å². The molecule has 1 atom stereocenters. The Labute approximate surface area is 110 Å². The molecule has 1 saturated heterocycles. The molecule has 0 aromatic carbocycles. The predicted molar refractivity (Wildman–Crippen MR) is 73.6 cm³/mol. The van der Waals surface area contributed by atoms with E-state index in [0.29, 0.717) is 0 Å². The lowest BCUT2D eigenvalue weighted by Gasteiger charge is -2.32. The maximum Gasteiger partial charge on any atom is 0.225 e. The zero-order chi connectivity index (χ0) is 11.4. The van der Waals surface area contributed by atoms with Gasteiger partial charge in [0.05, 0.1) is 0 Å². The third-order valence-corrected chi connectivity index (χ3v) is 3.46. The molecule has 0 amide bonds. The Kier molecular flexibility index (Phi) is 4.34. The van der Waals surface area contributed by atoms with Crippen molar-refractivity contribution in [3.8, 4) is 0 Å². The topological polar surface area (TPSA) is 41.0 Å². The van der Waals surface area contributed by atoms with Gasteiger partial charge in [-0.2, -0.15) is 0 Å². The Balaban J connectivity index is 2.01. The van der Waals surface area contributed by atoms with Crippen LogP contribution in [0.4, 0.5) is 5.95 Å². The monoisotopic (exact) mass is 332 g/mol. The summed E-state index contributed by atoms with van der Waals surface area (Å²) in [6, 6.07) is 0. The van der Waals surface area contributed by atoms with E-state index in [4.69, 9.17) is 0 Å². The van der Waals surface area contributed by atoms with Crippen LogP contribution in [0, 0.1) is 9.49 Å². The van der Waals surface area contributed by atoms with Crippen molar-refractivity contribution in [1.82, 2.24) is 15.3 Å². The van der Waals surface area contributed by atoms with E-state index in [1.165, 1.54) is 12.8 Å². The fourth-order valence-electron chi connectivity index (χ4n) is 2.17. The summed E-state index contributed by atoms with van der Waals surface area (Å²) < 4.78 is 1.09. The molecule has 0 radical (unpaired) electrons. The zero-order valence-corrected chi connectivity index (χ0v) is 11.6. The lowest BCUT2D eigenvalue weighted by molar-refractivity contribution is 0.399. The van der Waals surface area contributed by atoms with Gasteiger partial charge in [-0.15, -0.1) is 0 Å². The Morgan fingerprint density at radius 2 is 2.25 bits per heavy atom. The van der Waals surface area contributed by atoms with Crippen LogP contribution in [-0.4, -0.2) is 36.6 Å². The van der Waals surface area contributed by atoms with Gasteiger partial charge in [0, 0.05) is 29.1 Å². The summed E-state index contributed by atoms with van der Waals surface area (Å²) >= 11 is 2.23. The fourth-order valence-corrected chi connectivity index (χ4v) is 2.45. The van der Waals surface area contributed by atoms with Crippen LogP contribution in [-0.2, 0) is 0 Å². The summed E-state index contributed by atoms with van der Waals surface area (Å²) in [6.07, 6.45) is 6.30. The van der Waals surface area contributed by atoms with Gasteiger partial charge >= 0.3 is 0 Å². The maximum atomic E-state index is 4.38. The molecule has 1 N–H and O–H groups in total. The molecule has 1 unspecified atom stereocenters. The van der Waals surface area contributed by atoms with Gasteiger partial charge < -0.3 is 10.2 Å². The standard InChI is InChI=1S/C11H17IN4/c1-13-5-9-3-2-4-16(8-9)11-14-6-10(12)7-15-11/h6-7,9,13H,2-5,8H2,1H3. The molecule has 1 fully saturated rings. The molecule has 16 heavy (non-hydrogen) atoms. The summed E-state index contributed by atoms with van der Waals surface area (Å²) in [5.74, 6) is 1.60. The molecule has 0 aliphatic carbocycles. The number of halogens is 1. The number of hydrogen-bond acceptors (Lipinski definition) is 4. The molecule has 2 rings (SSSR count). The number of piperidine rings is 1. The van der Waals surface area contributed by atoms with E-state index in [-0.39, 0.29) is 0 Å². The average molecular weight is 332 g/mol. The Morgan fingerprint density at radius 1 is 1.50 bits per heavy atom. The van der Waals surface area contributed by atoms with Gasteiger partial charge in [0.25, 0.3) is 0 Å². The first-order valence-corrected chi connectivity index (χ1v) is 6.74. The first-order valence-electron chi connectivity index (χ1n) is 5.66. The van der Waals surface area contributed by atoms with E-state index in [1.807, 2.05) is 19.4 Å². The molecule has 1 aliphatic rings. The lowest BCUT2D eigenvalue weighted by atomic mass is 9.98. The molecule has 2 heterocycles. The minimum absolute atomic E-state index is 0.724. The van der Waals surface area contributed by atoms with E-state index in [9.17, 15) is 0 Å². The molecule has 0 spiro atoms. The molecule has 88 valence electrons. The summed E-state index contributed by atoms with van der Waals surface area (Å²) in [4.78, 5) is 11.1. The highest BCUT2D eigenvalue weighted by atomic mass is 127. The van der Waals surface area contributed by atoms with Gasteiger partial charge in [0.2, 0.25) is 5.95 Å². The molecule has 1 aromatic heterocycles. The second-order valence-corrected chi connectivity index (χ2v) is 5.46. The van der Waals surface area contributed by atoms with E-state index in [0.717, 1.165) is 35.1 Å². The van der Waals surface area contributed by atoms with Crippen LogP contribution in [0.15, 0.2) is 12.4 Å². The van der Waals surface area contributed by atoms with Crippen molar-refractivity contribution >= 4 is 28.5 Å². The highest BCUT2D eigenvalue weighted by Crippen LogP contribution is 2.19. The van der Waals surface area contributed by atoms with Crippen LogP contribution in [0.2, 0.25) is 0 Å². The molecule has 5 heteroatoms. The molecule has 1 aromatic rings. The molecule has 0 bridgehead atoms. The maximum absolute atomic E-state index is 4.38. The lowest BCUT2D eigenvalue weighted by Crippen LogP contribution is -2.39. The molecular formula is C11H17IN4. The van der Waals surface area contributed by atoms with Gasteiger partial charge in [-0.3, -0.25) is 0 Å². The van der Waals surface area contributed by atoms with Gasteiger partial charge in [0.15, 0.2) is 0 Å². The number of anilines is 1. The average Bonchev–Trinajstić information content (AvgIpc) is 2.31. The number of nitrogens with zero attached hydrogens (tertiary/aromatic N) is 3. The summed E-state index contributed by atoms with van der Waals surface area (Å²) in [5.41, 5.74) is 0. The molecule has 1 aliphatic heterocycles. The highest BCUT2D eigenvalue weighted by molar-refractivity contribution is 14.1. The number of rotatable bonds is 3. The number of aromatic nitrogens is 2. The first kappa shape index (κ1) is 12.0. The SMILES string of the molecule is CNCC1CCCN(c2ncc(I)cn2)C1. The Morgan fingerprint density at radius 3 is 2.94 bits per heavy atom. The zero-order valence-electron chi connectivity index (χ0n) is 9.49. The van der Waals surface area contributed by atoms with Crippen LogP contribution in [0.5, 0.6) is 0 Å². The Hall–Kier alpha value is -0.430. The smallest absolute Gasteiger partial charge is 0.225 e. The van der Waals surface area contributed by atoms with Gasteiger partial charge in [-0.1, -0.05) is 0 Å². The first-order chi connectivity index (χ1) is 7.79. The van der Waals surface area contributed by atoms with Crippen molar-refractivity contribution in [3.63, 3.8) is 0 Å². The minimum Gasteiger partial charge on any atom is -0.341 e. The van der Waals surface area contributed by atoms with Gasteiger partial charge in [-0.05, 0) is 54.9 Å². The third kappa shape index (κ3) is 3.04. The fraction of sp³-hybridized carbons (Fsp3) is 0.636. The summed E-state index contributed by atoms with van der Waals surface area (Å²) in [5, 5.41) is 3.25. The van der Waals surface area contributed by atoms with Crippen LogP contribution >= 0.6 is 22.6 Å². The molecule has 0 saturated carbocycles. The van der Waals surface area contributed by atoms with E-state index in [2.05, 4.69) is 42.8 Å². The second kappa shape index (κ2) is 5.77. The van der Waals surface area contributed by atoms with Crippen molar-refractivity contribution in [3.05, 3.63) is 16.0 Å². The third-order valence-electron chi connectivity index (χ3n) is 2.90. The minimum atomic E-state index is 0.724. The quantitative estimate of drug-likeness (QED) is 0.852. The predicted octanol–water partition coefficient (Wildman–Crippen LogP) is 1.52. The van der Waals surface area contributed by atoms with Gasteiger partial charge in [-0.25, -0.2) is 9.97 Å². The number of nitrogens with one attached hydrogen (secondary N) is 1. The van der Waals surface area contributed by atoms with Crippen molar-refractivity contribution in [2.75, 3.05) is 31.6 Å². The Bertz CT molecular complexity index is 325. The largest absolute Gasteiger partial charge is 0.341 e. The van der Waals surface area contributed by atoms with Crippen LogP contribution in [0.25, 0.3) is 0 Å².